The molecule has 0 radical (unpaired) electrons. The van der Waals surface area contributed by atoms with Crippen LogP contribution in [0.5, 0.6) is 0 Å². The van der Waals surface area contributed by atoms with E-state index in [2.05, 4.69) is 129 Å². The van der Waals surface area contributed by atoms with Gasteiger partial charge in [0.25, 0.3) is 0 Å². The molecule has 1 fully saturated rings. The van der Waals surface area contributed by atoms with Crippen LogP contribution < -0.4 is 5.32 Å². The average Bonchev–Trinajstić information content (AvgIpc) is 3.27. The predicted molar refractivity (Wildman–Crippen MR) is 257 cm³/mol. The molecule has 62 heavy (non-hydrogen) atoms. The van der Waals surface area contributed by atoms with E-state index in [0.29, 0.717) is 6.42 Å². The van der Waals surface area contributed by atoms with Crippen LogP contribution in [0.2, 0.25) is 0 Å². The van der Waals surface area contributed by atoms with E-state index >= 15 is 0 Å². The maximum absolute atomic E-state index is 12.9. The number of aliphatic hydroxyl groups is 5. The predicted octanol–water partition coefficient (Wildman–Crippen LogP) is 10.4. The molecule has 7 atom stereocenters. The van der Waals surface area contributed by atoms with E-state index in [1.165, 1.54) is 38.5 Å². The van der Waals surface area contributed by atoms with Gasteiger partial charge in [-0.15, -0.1) is 0 Å². The lowest BCUT2D eigenvalue weighted by atomic mass is 9.99. The van der Waals surface area contributed by atoms with Crippen molar-refractivity contribution in [2.75, 3.05) is 13.2 Å². The molecule has 1 heterocycles. The molecule has 0 bridgehead atoms. The van der Waals surface area contributed by atoms with Crippen LogP contribution >= 0.6 is 0 Å². The first-order valence-electron chi connectivity index (χ1n) is 23.8. The lowest BCUT2D eigenvalue weighted by Gasteiger charge is -2.40. The van der Waals surface area contributed by atoms with Gasteiger partial charge in [-0.05, 0) is 96.3 Å². The van der Waals surface area contributed by atoms with Gasteiger partial charge in [0.2, 0.25) is 5.91 Å². The number of allylic oxidation sites excluding steroid dienone is 19. The zero-order valence-corrected chi connectivity index (χ0v) is 38.3. The fraction of sp³-hybridized carbons (Fsp3) is 0.604. The highest BCUT2D eigenvalue weighted by Gasteiger charge is 2.44. The van der Waals surface area contributed by atoms with Crippen molar-refractivity contribution in [2.24, 2.45) is 0 Å². The van der Waals surface area contributed by atoms with Gasteiger partial charge in [-0.1, -0.05) is 167 Å². The quantitative estimate of drug-likeness (QED) is 0.0267. The van der Waals surface area contributed by atoms with Gasteiger partial charge in [0.1, 0.15) is 24.4 Å². The van der Waals surface area contributed by atoms with Gasteiger partial charge >= 0.3 is 0 Å². The summed E-state index contributed by atoms with van der Waals surface area (Å²) in [4.78, 5) is 12.9. The summed E-state index contributed by atoms with van der Waals surface area (Å²) in [7, 11) is 0. The smallest absolute Gasteiger partial charge is 0.220 e. The largest absolute Gasteiger partial charge is 0.394 e. The summed E-state index contributed by atoms with van der Waals surface area (Å²) in [6.45, 7) is 3.57. The number of nitrogens with one attached hydrogen (secondary N) is 1. The van der Waals surface area contributed by atoms with E-state index in [-0.39, 0.29) is 18.9 Å². The van der Waals surface area contributed by atoms with E-state index < -0.39 is 49.5 Å². The first kappa shape index (κ1) is 56.6. The Morgan fingerprint density at radius 1 is 0.565 bits per heavy atom. The first-order chi connectivity index (χ1) is 30.3. The fourth-order valence-electron chi connectivity index (χ4n) is 6.48. The van der Waals surface area contributed by atoms with Crippen molar-refractivity contribution in [1.29, 1.82) is 0 Å². The number of aliphatic hydroxyl groups excluding tert-OH is 5. The molecule has 1 saturated heterocycles. The number of hydrogen-bond acceptors (Lipinski definition) is 8. The van der Waals surface area contributed by atoms with E-state index in [1.807, 2.05) is 6.08 Å². The number of hydrogen-bond donors (Lipinski definition) is 6. The van der Waals surface area contributed by atoms with Crippen LogP contribution in [0.4, 0.5) is 0 Å². The van der Waals surface area contributed by atoms with Gasteiger partial charge in [0, 0.05) is 6.42 Å². The summed E-state index contributed by atoms with van der Waals surface area (Å²) in [6, 6.07) is -0.853. The minimum absolute atomic E-state index is 0.228. The van der Waals surface area contributed by atoms with Gasteiger partial charge < -0.3 is 40.3 Å². The number of unbranched alkanes of at least 4 members (excludes halogenated alkanes) is 9. The van der Waals surface area contributed by atoms with Gasteiger partial charge in [-0.2, -0.15) is 0 Å². The molecule has 1 amide bonds. The van der Waals surface area contributed by atoms with E-state index in [0.717, 1.165) is 83.5 Å². The van der Waals surface area contributed by atoms with Crippen LogP contribution in [0.3, 0.4) is 0 Å². The standard InChI is InChI=1S/C53H85NO8/c1-3-5-7-9-11-13-15-17-18-19-20-21-22-23-24-25-26-27-28-29-30-31-33-35-37-39-41-43-49(57)54-46(45-61-53-52(60)51(59)50(58)48(44-55)62-53)47(56)42-40-38-36-34-32-16-14-12-10-8-6-4-2/h5,7,11,13,17-18,20-21,23-24,26-27,29-30,32-35,40,42,46-48,50-53,55-56,58-60H,3-4,6,8-10,12,14-16,19,22,25,28,31,36-39,41,43-45H2,1-2H3,(H,54,57)/b7-5-,13-11-,18-17-,21-20-,24-23-,27-26-,30-29-,34-32+,35-33-,42-40+. The molecular formula is C53H85NO8. The Hall–Kier alpha value is -3.41. The summed E-state index contributed by atoms with van der Waals surface area (Å²) in [5, 5.41) is 54.1. The summed E-state index contributed by atoms with van der Waals surface area (Å²) >= 11 is 0. The SMILES string of the molecule is CC/C=C\C/C=C\C/C=C\C/C=C\C/C=C\C/C=C\C/C=C\C/C=C\CCCCC(=O)NC(COC1OC(CO)C(O)C(O)C1O)C(O)/C=C/CC/C=C/CCCCCCCC. The number of rotatable bonds is 37. The third-order valence-electron chi connectivity index (χ3n) is 10.3. The van der Waals surface area contributed by atoms with E-state index in [1.54, 1.807) is 6.08 Å². The van der Waals surface area contributed by atoms with Crippen molar-refractivity contribution in [1.82, 2.24) is 5.32 Å². The highest BCUT2D eigenvalue weighted by Crippen LogP contribution is 2.22. The topological polar surface area (TPSA) is 149 Å². The van der Waals surface area contributed by atoms with Crippen LogP contribution in [0, 0.1) is 0 Å². The van der Waals surface area contributed by atoms with Crippen LogP contribution in [0.1, 0.15) is 149 Å². The third kappa shape index (κ3) is 31.4. The van der Waals surface area contributed by atoms with Crippen molar-refractivity contribution in [3.63, 3.8) is 0 Å². The molecule has 1 aliphatic rings. The van der Waals surface area contributed by atoms with Crippen molar-refractivity contribution < 1.29 is 39.8 Å². The number of amides is 1. The van der Waals surface area contributed by atoms with Crippen LogP contribution in [-0.2, 0) is 14.3 Å². The normalized spacial score (nSPS) is 21.4. The summed E-state index contributed by atoms with van der Waals surface area (Å²) in [5.74, 6) is -0.237. The fourth-order valence-corrected chi connectivity index (χ4v) is 6.48. The monoisotopic (exact) mass is 864 g/mol. The van der Waals surface area contributed by atoms with Crippen LogP contribution in [0.25, 0.3) is 0 Å². The first-order valence-corrected chi connectivity index (χ1v) is 23.8. The maximum Gasteiger partial charge on any atom is 0.220 e. The molecule has 9 heteroatoms. The molecular weight excluding hydrogens is 779 g/mol. The van der Waals surface area contributed by atoms with Crippen molar-refractivity contribution in [3.8, 4) is 0 Å². The zero-order valence-electron chi connectivity index (χ0n) is 38.3. The highest BCUT2D eigenvalue weighted by molar-refractivity contribution is 5.76. The van der Waals surface area contributed by atoms with Crippen molar-refractivity contribution in [3.05, 3.63) is 122 Å². The molecule has 350 valence electrons. The second kappa shape index (κ2) is 41.6. The van der Waals surface area contributed by atoms with Gasteiger partial charge in [0.05, 0.1) is 25.4 Å². The average molecular weight is 864 g/mol. The van der Waals surface area contributed by atoms with Crippen molar-refractivity contribution in [2.45, 2.75) is 192 Å². The minimum atomic E-state index is -1.59. The Morgan fingerprint density at radius 2 is 1.02 bits per heavy atom. The Balaban J connectivity index is 2.36. The Kier molecular flexibility index (Phi) is 38.0. The molecule has 6 N–H and O–H groups in total. The molecule has 0 aromatic carbocycles. The second-order valence-electron chi connectivity index (χ2n) is 15.8. The Morgan fingerprint density at radius 3 is 1.55 bits per heavy atom. The lowest BCUT2D eigenvalue weighted by Crippen LogP contribution is -2.60. The molecule has 0 aliphatic carbocycles. The van der Waals surface area contributed by atoms with Crippen LogP contribution in [-0.4, -0.2) is 87.5 Å². The lowest BCUT2D eigenvalue weighted by molar-refractivity contribution is -0.302. The number of ether oxygens (including phenoxy) is 2. The van der Waals surface area contributed by atoms with Gasteiger partial charge in [-0.25, -0.2) is 0 Å². The van der Waals surface area contributed by atoms with Crippen molar-refractivity contribution >= 4 is 5.91 Å². The molecule has 1 aliphatic heterocycles. The molecule has 0 aromatic rings. The Labute approximate surface area is 376 Å². The molecule has 0 aromatic heterocycles. The molecule has 7 unspecified atom stereocenters. The number of carbonyl (C=O) groups excluding carboxylic acids is 1. The second-order valence-corrected chi connectivity index (χ2v) is 15.8. The maximum atomic E-state index is 12.9. The summed E-state index contributed by atoms with van der Waals surface area (Å²) in [6.07, 6.45) is 55.3. The zero-order chi connectivity index (χ0) is 45.1. The van der Waals surface area contributed by atoms with E-state index in [4.69, 9.17) is 9.47 Å². The molecule has 0 saturated carbocycles. The van der Waals surface area contributed by atoms with Gasteiger partial charge in [-0.3, -0.25) is 4.79 Å². The van der Waals surface area contributed by atoms with Gasteiger partial charge in [0.15, 0.2) is 6.29 Å². The summed E-state index contributed by atoms with van der Waals surface area (Å²) in [5.41, 5.74) is 0. The molecule has 0 spiro atoms. The molecule has 9 nitrogen and oxygen atoms in total. The van der Waals surface area contributed by atoms with Crippen LogP contribution in [0.15, 0.2) is 122 Å². The number of carbonyl (C=O) groups is 1. The Bertz CT molecular complexity index is 1370. The third-order valence-corrected chi connectivity index (χ3v) is 10.3. The summed E-state index contributed by atoms with van der Waals surface area (Å²) < 4.78 is 11.2. The molecule has 1 rings (SSSR count). The highest BCUT2D eigenvalue weighted by atomic mass is 16.7. The minimum Gasteiger partial charge on any atom is -0.394 e. The van der Waals surface area contributed by atoms with E-state index in [9.17, 15) is 30.3 Å².